The molecule has 0 N–H and O–H groups in total. The second-order valence-corrected chi connectivity index (χ2v) is 4.37. The number of rotatable bonds is 0. The standard InChI is InChI=1S/C7H11Cl2NO/c1-10-5-3-2-4-7(8,9)6(10)11/h2-5H2,1H3. The molecular formula is C7H11Cl2NO. The molecule has 64 valence electrons. The predicted octanol–water partition coefficient (Wildman–Crippen LogP) is 1.80. The molecule has 4 heteroatoms. The number of alkyl halides is 2. The molecule has 0 saturated carbocycles. The van der Waals surface area contributed by atoms with Gasteiger partial charge in [-0.3, -0.25) is 4.79 Å². The van der Waals surface area contributed by atoms with E-state index < -0.39 is 4.33 Å². The lowest BCUT2D eigenvalue weighted by atomic mass is 10.2. The minimum Gasteiger partial charge on any atom is -0.343 e. The first-order valence-corrected chi connectivity index (χ1v) is 4.43. The fourth-order valence-electron chi connectivity index (χ4n) is 1.18. The summed E-state index contributed by atoms with van der Waals surface area (Å²) in [6.45, 7) is 0.764. The van der Waals surface area contributed by atoms with Crippen LogP contribution in [0.1, 0.15) is 19.3 Å². The van der Waals surface area contributed by atoms with E-state index in [1.807, 2.05) is 0 Å². The third kappa shape index (κ3) is 2.00. The Bertz CT molecular complexity index is 170. The molecule has 2 nitrogen and oxygen atoms in total. The van der Waals surface area contributed by atoms with Crippen LogP contribution < -0.4 is 0 Å². The van der Waals surface area contributed by atoms with Gasteiger partial charge < -0.3 is 4.90 Å². The van der Waals surface area contributed by atoms with Gasteiger partial charge in [-0.05, 0) is 19.3 Å². The van der Waals surface area contributed by atoms with Crippen molar-refractivity contribution in [1.29, 1.82) is 0 Å². The first-order valence-electron chi connectivity index (χ1n) is 3.67. The van der Waals surface area contributed by atoms with E-state index in [0.717, 1.165) is 19.4 Å². The number of carbonyl (C=O) groups is 1. The molecule has 1 rings (SSSR count). The van der Waals surface area contributed by atoms with Gasteiger partial charge in [0.05, 0.1) is 0 Å². The molecule has 11 heavy (non-hydrogen) atoms. The van der Waals surface area contributed by atoms with Crippen molar-refractivity contribution in [2.75, 3.05) is 13.6 Å². The molecule has 1 aliphatic rings. The summed E-state index contributed by atoms with van der Waals surface area (Å²) >= 11 is 11.6. The van der Waals surface area contributed by atoms with Crippen molar-refractivity contribution in [1.82, 2.24) is 4.90 Å². The fourth-order valence-corrected chi connectivity index (χ4v) is 1.74. The Labute approximate surface area is 76.5 Å². The monoisotopic (exact) mass is 195 g/mol. The summed E-state index contributed by atoms with van der Waals surface area (Å²) in [6, 6.07) is 0. The Hall–Kier alpha value is 0.0500. The summed E-state index contributed by atoms with van der Waals surface area (Å²) in [4.78, 5) is 12.9. The molecule has 0 aliphatic carbocycles. The highest BCUT2D eigenvalue weighted by Crippen LogP contribution is 2.31. The van der Waals surface area contributed by atoms with Crippen molar-refractivity contribution in [3.05, 3.63) is 0 Å². The van der Waals surface area contributed by atoms with Crippen LogP contribution in [0.5, 0.6) is 0 Å². The number of amides is 1. The van der Waals surface area contributed by atoms with Gasteiger partial charge in [0, 0.05) is 13.6 Å². The maximum atomic E-state index is 11.3. The number of nitrogens with zero attached hydrogens (tertiary/aromatic N) is 1. The average Bonchev–Trinajstić information content (AvgIpc) is 2.03. The Kier molecular flexibility index (Phi) is 2.66. The van der Waals surface area contributed by atoms with Gasteiger partial charge in [0.1, 0.15) is 0 Å². The number of likely N-dealkylation sites (tertiary alicyclic amines) is 1. The van der Waals surface area contributed by atoms with Gasteiger partial charge in [-0.15, -0.1) is 0 Å². The Morgan fingerprint density at radius 1 is 1.45 bits per heavy atom. The molecular weight excluding hydrogens is 185 g/mol. The molecule has 0 bridgehead atoms. The van der Waals surface area contributed by atoms with Crippen LogP contribution in [0.4, 0.5) is 0 Å². The number of halogens is 2. The molecule has 0 spiro atoms. The minimum absolute atomic E-state index is 0.168. The topological polar surface area (TPSA) is 20.3 Å². The van der Waals surface area contributed by atoms with Crippen LogP contribution in [0.25, 0.3) is 0 Å². The number of hydrogen-bond acceptors (Lipinski definition) is 1. The quantitative estimate of drug-likeness (QED) is 0.541. The predicted molar refractivity (Wildman–Crippen MR) is 45.9 cm³/mol. The molecule has 1 fully saturated rings. The normalized spacial score (nSPS) is 25.0. The van der Waals surface area contributed by atoms with Crippen molar-refractivity contribution in [3.63, 3.8) is 0 Å². The van der Waals surface area contributed by atoms with Crippen LogP contribution >= 0.6 is 23.2 Å². The maximum Gasteiger partial charge on any atom is 0.258 e. The second kappa shape index (κ2) is 3.20. The highest BCUT2D eigenvalue weighted by Gasteiger charge is 2.37. The highest BCUT2D eigenvalue weighted by atomic mass is 35.5. The Morgan fingerprint density at radius 3 is 2.73 bits per heavy atom. The Balaban J connectivity index is 2.73. The SMILES string of the molecule is CN1CCCCC(Cl)(Cl)C1=O. The van der Waals surface area contributed by atoms with Crippen LogP contribution in [0.15, 0.2) is 0 Å². The molecule has 0 aromatic carbocycles. The van der Waals surface area contributed by atoms with Gasteiger partial charge in [0.25, 0.3) is 5.91 Å². The number of hydrogen-bond donors (Lipinski definition) is 0. The van der Waals surface area contributed by atoms with Gasteiger partial charge in [-0.2, -0.15) is 0 Å². The lowest BCUT2D eigenvalue weighted by Gasteiger charge is -2.21. The van der Waals surface area contributed by atoms with Crippen molar-refractivity contribution in [2.24, 2.45) is 0 Å². The number of carbonyl (C=O) groups excluding carboxylic acids is 1. The van der Waals surface area contributed by atoms with Gasteiger partial charge >= 0.3 is 0 Å². The van der Waals surface area contributed by atoms with Crippen molar-refractivity contribution in [3.8, 4) is 0 Å². The minimum atomic E-state index is -1.18. The van der Waals surface area contributed by atoms with Crippen LogP contribution in [0.3, 0.4) is 0 Å². The zero-order valence-electron chi connectivity index (χ0n) is 6.44. The van der Waals surface area contributed by atoms with E-state index in [2.05, 4.69) is 0 Å². The summed E-state index contributed by atoms with van der Waals surface area (Å²) in [6.07, 6.45) is 2.48. The second-order valence-electron chi connectivity index (χ2n) is 2.89. The lowest BCUT2D eigenvalue weighted by Crippen LogP contribution is -2.37. The smallest absolute Gasteiger partial charge is 0.258 e. The molecule has 1 heterocycles. The molecule has 0 aromatic heterocycles. The van der Waals surface area contributed by atoms with E-state index in [0.29, 0.717) is 6.42 Å². The Morgan fingerprint density at radius 2 is 2.09 bits per heavy atom. The third-order valence-electron chi connectivity index (χ3n) is 1.89. The summed E-state index contributed by atoms with van der Waals surface area (Å²) in [5.74, 6) is -0.168. The first kappa shape index (κ1) is 9.14. The molecule has 1 aliphatic heterocycles. The largest absolute Gasteiger partial charge is 0.343 e. The lowest BCUT2D eigenvalue weighted by molar-refractivity contribution is -0.130. The summed E-state index contributed by atoms with van der Waals surface area (Å²) in [5, 5.41) is 0. The summed E-state index contributed by atoms with van der Waals surface area (Å²) in [5.41, 5.74) is 0. The van der Waals surface area contributed by atoms with E-state index in [1.54, 1.807) is 11.9 Å². The highest BCUT2D eigenvalue weighted by molar-refractivity contribution is 6.58. The van der Waals surface area contributed by atoms with E-state index in [4.69, 9.17) is 23.2 Å². The molecule has 0 radical (unpaired) electrons. The molecule has 1 amide bonds. The van der Waals surface area contributed by atoms with Gasteiger partial charge in [0.2, 0.25) is 0 Å². The summed E-state index contributed by atoms with van der Waals surface area (Å²) < 4.78 is -1.18. The van der Waals surface area contributed by atoms with E-state index in [1.165, 1.54) is 0 Å². The third-order valence-corrected chi connectivity index (χ3v) is 2.60. The summed E-state index contributed by atoms with van der Waals surface area (Å²) in [7, 11) is 1.73. The molecule has 0 atom stereocenters. The van der Waals surface area contributed by atoms with E-state index in [9.17, 15) is 4.79 Å². The van der Waals surface area contributed by atoms with Crippen LogP contribution in [0, 0.1) is 0 Å². The van der Waals surface area contributed by atoms with Gasteiger partial charge in [-0.25, -0.2) is 0 Å². The van der Waals surface area contributed by atoms with E-state index >= 15 is 0 Å². The van der Waals surface area contributed by atoms with Gasteiger partial charge in [0.15, 0.2) is 4.33 Å². The van der Waals surface area contributed by atoms with Gasteiger partial charge in [-0.1, -0.05) is 23.2 Å². The molecule has 1 saturated heterocycles. The first-order chi connectivity index (χ1) is 5.04. The van der Waals surface area contributed by atoms with Crippen molar-refractivity contribution in [2.45, 2.75) is 23.6 Å². The van der Waals surface area contributed by atoms with Crippen LogP contribution in [-0.2, 0) is 4.79 Å². The maximum absolute atomic E-state index is 11.3. The fraction of sp³-hybridized carbons (Fsp3) is 0.857. The van der Waals surface area contributed by atoms with Crippen LogP contribution in [-0.4, -0.2) is 28.7 Å². The molecule has 0 unspecified atom stereocenters. The van der Waals surface area contributed by atoms with Crippen molar-refractivity contribution >= 4 is 29.1 Å². The average molecular weight is 196 g/mol. The van der Waals surface area contributed by atoms with E-state index in [-0.39, 0.29) is 5.91 Å². The zero-order valence-corrected chi connectivity index (χ0v) is 7.95. The zero-order chi connectivity index (χ0) is 8.48. The van der Waals surface area contributed by atoms with Crippen LogP contribution in [0.2, 0.25) is 0 Å². The molecule has 0 aromatic rings. The van der Waals surface area contributed by atoms with Crippen molar-refractivity contribution < 1.29 is 4.79 Å².